The highest BCUT2D eigenvalue weighted by Crippen LogP contribution is 2.32. The van der Waals surface area contributed by atoms with E-state index in [4.69, 9.17) is 15.9 Å². The van der Waals surface area contributed by atoms with Crippen LogP contribution in [0.25, 0.3) is 11.0 Å². The molecule has 10 nitrogen and oxygen atoms in total. The van der Waals surface area contributed by atoms with Gasteiger partial charge in [0.1, 0.15) is 11.5 Å². The molecule has 1 aliphatic rings. The Morgan fingerprint density at radius 3 is 2.46 bits per heavy atom. The maximum Gasteiger partial charge on any atom is 0.306 e. The van der Waals surface area contributed by atoms with E-state index in [9.17, 15) is 18.0 Å². The lowest BCUT2D eigenvalue weighted by Crippen LogP contribution is -2.41. The van der Waals surface area contributed by atoms with E-state index in [-0.39, 0.29) is 55.0 Å². The number of benzene rings is 2. The summed E-state index contributed by atoms with van der Waals surface area (Å²) in [5.74, 6) is -0.922. The molecule has 0 atom stereocenters. The van der Waals surface area contributed by atoms with E-state index in [0.717, 1.165) is 31.2 Å². The number of fused-ring (bicyclic) bond motifs is 1. The van der Waals surface area contributed by atoms with Crippen LogP contribution in [0.5, 0.6) is 0 Å². The molecular formula is C27H34ClN5O5S. The number of sulfonamides is 1. The zero-order valence-corrected chi connectivity index (χ0v) is 23.7. The number of carbonyl (C=O) groups is 1. The fourth-order valence-corrected chi connectivity index (χ4v) is 6.63. The number of nitrogens with one attached hydrogen (secondary N) is 1. The van der Waals surface area contributed by atoms with Gasteiger partial charge in [-0.3, -0.25) is 19.3 Å². The van der Waals surface area contributed by atoms with Gasteiger partial charge in [-0.25, -0.2) is 13.4 Å². The standard InChI is InChI=1S/C27H33N5O5S.ClH/c1-3-37-25(33)14-15-38(35,36)32(20-6-4-5-7-20)21-12-13-24-22(17-21)30-23(27(34)31(24)2)16-18-8-10-19(11-9-18)26(28)29;/h8-13,17,20H,3-7,14-16H2,1-2H3,(H3,28,29);1H. The van der Waals surface area contributed by atoms with Gasteiger partial charge in [-0.15, -0.1) is 12.4 Å². The normalized spacial score (nSPS) is 13.7. The van der Waals surface area contributed by atoms with Crippen molar-refractivity contribution in [3.8, 4) is 0 Å². The Hall–Kier alpha value is -3.44. The van der Waals surface area contributed by atoms with Crippen molar-refractivity contribution in [1.29, 1.82) is 5.41 Å². The summed E-state index contributed by atoms with van der Waals surface area (Å²) in [5.41, 5.74) is 8.60. The number of nitrogens with two attached hydrogens (primary N) is 1. The number of rotatable bonds is 10. The second kappa shape index (κ2) is 12.6. The summed E-state index contributed by atoms with van der Waals surface area (Å²) in [6, 6.07) is 12.0. The highest BCUT2D eigenvalue weighted by atomic mass is 35.5. The average Bonchev–Trinajstić information content (AvgIpc) is 3.40. The van der Waals surface area contributed by atoms with E-state index < -0.39 is 16.0 Å². The SMILES string of the molecule is CCOC(=O)CCS(=O)(=O)N(c1ccc2c(c1)nc(Cc1ccc(C(=N)N)cc1)c(=O)n2C)C1CCCC1.Cl. The smallest absolute Gasteiger partial charge is 0.306 e. The van der Waals surface area contributed by atoms with Crippen molar-refractivity contribution in [2.24, 2.45) is 12.8 Å². The first-order chi connectivity index (χ1) is 18.1. The number of esters is 1. The molecule has 0 amide bonds. The number of nitrogen functional groups attached to an aromatic ring is 1. The molecule has 1 aromatic heterocycles. The molecule has 0 saturated heterocycles. The largest absolute Gasteiger partial charge is 0.466 e. The van der Waals surface area contributed by atoms with Crippen LogP contribution in [0, 0.1) is 5.41 Å². The van der Waals surface area contributed by atoms with Crippen molar-refractivity contribution in [3.63, 3.8) is 0 Å². The van der Waals surface area contributed by atoms with Gasteiger partial charge in [0, 0.05) is 25.1 Å². The molecule has 0 bridgehead atoms. The van der Waals surface area contributed by atoms with Crippen LogP contribution >= 0.6 is 12.4 Å². The summed E-state index contributed by atoms with van der Waals surface area (Å²) in [5, 5.41) is 7.55. The van der Waals surface area contributed by atoms with Crippen LogP contribution in [0.2, 0.25) is 0 Å². The first kappa shape index (κ1) is 30.1. The van der Waals surface area contributed by atoms with Crippen LogP contribution in [0.4, 0.5) is 5.69 Å². The molecule has 3 N–H and O–H groups in total. The minimum atomic E-state index is -3.82. The Bertz CT molecular complexity index is 1520. The Morgan fingerprint density at radius 1 is 1.18 bits per heavy atom. The molecule has 1 saturated carbocycles. The summed E-state index contributed by atoms with van der Waals surface area (Å²) in [6.07, 6.45) is 3.39. The number of nitrogens with zero attached hydrogens (tertiary/aromatic N) is 3. The van der Waals surface area contributed by atoms with Gasteiger partial charge in [-0.05, 0) is 43.5 Å². The van der Waals surface area contributed by atoms with Gasteiger partial charge in [0.2, 0.25) is 10.0 Å². The zero-order valence-electron chi connectivity index (χ0n) is 22.1. The van der Waals surface area contributed by atoms with Gasteiger partial charge in [-0.2, -0.15) is 0 Å². The zero-order chi connectivity index (χ0) is 27.4. The van der Waals surface area contributed by atoms with Gasteiger partial charge in [0.15, 0.2) is 0 Å². The maximum atomic E-state index is 13.5. The van der Waals surface area contributed by atoms with Crippen molar-refractivity contribution in [2.45, 2.75) is 51.5 Å². The van der Waals surface area contributed by atoms with Crippen LogP contribution in [0.15, 0.2) is 47.3 Å². The van der Waals surface area contributed by atoms with Crippen LogP contribution in [-0.4, -0.2) is 48.2 Å². The molecule has 39 heavy (non-hydrogen) atoms. The molecule has 4 rings (SSSR count). The third-order valence-electron chi connectivity index (χ3n) is 6.84. The minimum absolute atomic E-state index is 0. The van der Waals surface area contributed by atoms with E-state index in [1.807, 2.05) is 0 Å². The van der Waals surface area contributed by atoms with Crippen molar-refractivity contribution >= 4 is 51.0 Å². The van der Waals surface area contributed by atoms with Gasteiger partial charge in [-0.1, -0.05) is 37.1 Å². The van der Waals surface area contributed by atoms with E-state index in [1.165, 1.54) is 8.87 Å². The number of hydrogen-bond acceptors (Lipinski definition) is 7. The summed E-state index contributed by atoms with van der Waals surface area (Å²) in [7, 11) is -2.15. The second-order valence-electron chi connectivity index (χ2n) is 9.49. The first-order valence-corrected chi connectivity index (χ1v) is 14.3. The van der Waals surface area contributed by atoms with Crippen LogP contribution in [-0.2, 0) is 33.0 Å². The minimum Gasteiger partial charge on any atom is -0.466 e. The molecule has 1 aliphatic carbocycles. The van der Waals surface area contributed by atoms with Gasteiger partial charge < -0.3 is 15.0 Å². The number of anilines is 1. The van der Waals surface area contributed by atoms with Crippen LogP contribution < -0.4 is 15.6 Å². The number of ether oxygens (including phenoxy) is 1. The van der Waals surface area contributed by atoms with Crippen LogP contribution in [0.3, 0.4) is 0 Å². The van der Waals surface area contributed by atoms with Crippen molar-refractivity contribution < 1.29 is 17.9 Å². The topological polar surface area (TPSA) is 148 Å². The monoisotopic (exact) mass is 575 g/mol. The number of aromatic nitrogens is 2. The first-order valence-electron chi connectivity index (χ1n) is 12.7. The lowest BCUT2D eigenvalue weighted by atomic mass is 10.1. The van der Waals surface area contributed by atoms with Crippen molar-refractivity contribution in [2.75, 3.05) is 16.7 Å². The fraction of sp³-hybridized carbons (Fsp3) is 0.407. The molecule has 1 heterocycles. The summed E-state index contributed by atoms with van der Waals surface area (Å²) in [4.78, 5) is 29.6. The number of carbonyl (C=O) groups excluding carboxylic acids is 1. The molecule has 0 radical (unpaired) electrons. The maximum absolute atomic E-state index is 13.5. The molecular weight excluding hydrogens is 542 g/mol. The molecule has 2 aromatic carbocycles. The Labute approximate surface area is 234 Å². The van der Waals surface area contributed by atoms with Gasteiger partial charge in [0.25, 0.3) is 5.56 Å². The van der Waals surface area contributed by atoms with E-state index in [1.54, 1.807) is 56.4 Å². The predicted octanol–water partition coefficient (Wildman–Crippen LogP) is 3.26. The summed E-state index contributed by atoms with van der Waals surface area (Å²) >= 11 is 0. The van der Waals surface area contributed by atoms with E-state index in [2.05, 4.69) is 4.98 Å². The highest BCUT2D eigenvalue weighted by molar-refractivity contribution is 7.92. The Morgan fingerprint density at radius 2 is 1.85 bits per heavy atom. The molecule has 3 aromatic rings. The summed E-state index contributed by atoms with van der Waals surface area (Å²) in [6.45, 7) is 1.88. The quantitative estimate of drug-likeness (QED) is 0.214. The number of aryl methyl sites for hydroxylation is 1. The Kier molecular flexibility index (Phi) is 9.73. The molecule has 1 fully saturated rings. The average molecular weight is 576 g/mol. The number of hydrogen-bond donors (Lipinski definition) is 2. The Balaban J connectivity index is 0.00000420. The fourth-order valence-electron chi connectivity index (χ4n) is 4.91. The van der Waals surface area contributed by atoms with E-state index >= 15 is 0 Å². The molecule has 0 spiro atoms. The molecule has 0 aliphatic heterocycles. The highest BCUT2D eigenvalue weighted by Gasteiger charge is 2.33. The van der Waals surface area contributed by atoms with Gasteiger partial charge in [0.05, 0.1) is 35.5 Å². The lowest BCUT2D eigenvalue weighted by molar-refractivity contribution is -0.142. The molecule has 210 valence electrons. The van der Waals surface area contributed by atoms with Crippen LogP contribution in [0.1, 0.15) is 55.8 Å². The second-order valence-corrected chi connectivity index (χ2v) is 11.5. The van der Waals surface area contributed by atoms with Gasteiger partial charge >= 0.3 is 5.97 Å². The molecule has 12 heteroatoms. The predicted molar refractivity (Wildman–Crippen MR) is 154 cm³/mol. The summed E-state index contributed by atoms with van der Waals surface area (Å²) < 4.78 is 34.9. The molecule has 0 unspecified atom stereocenters. The van der Waals surface area contributed by atoms with E-state index in [0.29, 0.717) is 28.0 Å². The van der Waals surface area contributed by atoms with Crippen molar-refractivity contribution in [3.05, 3.63) is 69.6 Å². The number of amidine groups is 1. The third-order valence-corrected chi connectivity index (χ3v) is 8.67. The third kappa shape index (κ3) is 6.77. The van der Waals surface area contributed by atoms with Crippen molar-refractivity contribution in [1.82, 2.24) is 9.55 Å². The number of halogens is 1. The lowest BCUT2D eigenvalue weighted by Gasteiger charge is -2.30.